The molecule has 98 valence electrons. The molecule has 0 fully saturated rings. The molecule has 0 aliphatic carbocycles. The van der Waals surface area contributed by atoms with E-state index in [0.717, 1.165) is 16.5 Å². The van der Waals surface area contributed by atoms with Gasteiger partial charge in [-0.15, -0.1) is 0 Å². The Labute approximate surface area is 116 Å². The summed E-state index contributed by atoms with van der Waals surface area (Å²) in [6, 6.07) is 19.2. The second kappa shape index (κ2) is 5.09. The van der Waals surface area contributed by atoms with Crippen molar-refractivity contribution in [3.8, 4) is 0 Å². The van der Waals surface area contributed by atoms with E-state index in [1.165, 1.54) is 0 Å². The third kappa shape index (κ3) is 2.36. The van der Waals surface area contributed by atoms with Crippen molar-refractivity contribution in [1.82, 2.24) is 0 Å². The minimum absolute atomic E-state index is 0.111. The van der Waals surface area contributed by atoms with Crippen LogP contribution in [0.25, 0.3) is 10.9 Å². The highest BCUT2D eigenvalue weighted by molar-refractivity contribution is 5.77. The van der Waals surface area contributed by atoms with Gasteiger partial charge in [-0.1, -0.05) is 42.5 Å². The number of benzene rings is 2. The molecule has 0 spiro atoms. The number of hydrogen-bond acceptors (Lipinski definition) is 2. The lowest BCUT2D eigenvalue weighted by molar-refractivity contribution is -0.665. The molecule has 0 aliphatic heterocycles. The average molecular weight is 265 g/mol. The Hall–Kier alpha value is -2.75. The number of para-hydroxylation sites is 1. The molecule has 0 unspecified atom stereocenters. The summed E-state index contributed by atoms with van der Waals surface area (Å²) in [7, 11) is 0. The molecule has 1 heterocycles. The number of pyridine rings is 1. The van der Waals surface area contributed by atoms with Crippen LogP contribution < -0.4 is 4.57 Å². The highest BCUT2D eigenvalue weighted by Gasteiger charge is 2.17. The molecule has 0 saturated carbocycles. The van der Waals surface area contributed by atoms with Crippen molar-refractivity contribution in [2.24, 2.45) is 0 Å². The highest BCUT2D eigenvalue weighted by Crippen LogP contribution is 2.17. The SMILES string of the molecule is O=[N+]([O-])c1cc2ccccc2[n+](Cc2ccccc2)c1. The Morgan fingerprint density at radius 3 is 2.45 bits per heavy atom. The standard InChI is InChI=1S/C16H13N2O2/c19-18(20)15-10-14-8-4-5-9-16(14)17(12-15)11-13-6-2-1-3-7-13/h1-10,12H,11H2/q+1. The predicted molar refractivity (Wildman–Crippen MR) is 76.3 cm³/mol. The molecule has 0 bridgehead atoms. The van der Waals surface area contributed by atoms with Gasteiger partial charge in [-0.05, 0) is 6.07 Å². The molecule has 0 N–H and O–H groups in total. The zero-order valence-corrected chi connectivity index (χ0v) is 10.8. The Kier molecular flexibility index (Phi) is 3.13. The molecular weight excluding hydrogens is 252 g/mol. The monoisotopic (exact) mass is 265 g/mol. The number of aromatic nitrogens is 1. The van der Waals surface area contributed by atoms with E-state index in [0.29, 0.717) is 6.54 Å². The van der Waals surface area contributed by atoms with Crippen molar-refractivity contribution in [1.29, 1.82) is 0 Å². The van der Waals surface area contributed by atoms with Crippen LogP contribution in [0.15, 0.2) is 66.9 Å². The van der Waals surface area contributed by atoms with Gasteiger partial charge in [0.25, 0.3) is 0 Å². The molecule has 2 aromatic carbocycles. The second-order valence-corrected chi connectivity index (χ2v) is 4.63. The molecule has 0 aliphatic rings. The molecule has 20 heavy (non-hydrogen) atoms. The molecule has 4 nitrogen and oxygen atoms in total. The van der Waals surface area contributed by atoms with Crippen LogP contribution in [0, 0.1) is 10.1 Å². The lowest BCUT2D eigenvalue weighted by Gasteiger charge is -2.02. The van der Waals surface area contributed by atoms with Gasteiger partial charge in [0, 0.05) is 17.7 Å². The van der Waals surface area contributed by atoms with Gasteiger partial charge in [-0.3, -0.25) is 10.1 Å². The molecule has 0 amide bonds. The van der Waals surface area contributed by atoms with E-state index in [1.807, 2.05) is 59.2 Å². The Bertz CT molecular complexity index is 770. The van der Waals surface area contributed by atoms with Crippen LogP contribution in [-0.4, -0.2) is 4.92 Å². The Morgan fingerprint density at radius 2 is 1.70 bits per heavy atom. The van der Waals surface area contributed by atoms with Gasteiger partial charge in [0.1, 0.15) is 0 Å². The van der Waals surface area contributed by atoms with E-state index in [-0.39, 0.29) is 10.6 Å². The maximum atomic E-state index is 11.0. The first-order valence-corrected chi connectivity index (χ1v) is 6.34. The summed E-state index contributed by atoms with van der Waals surface area (Å²) in [5, 5.41) is 11.9. The fourth-order valence-corrected chi connectivity index (χ4v) is 2.31. The first-order valence-electron chi connectivity index (χ1n) is 6.34. The average Bonchev–Trinajstić information content (AvgIpc) is 2.48. The molecule has 1 aromatic heterocycles. The van der Waals surface area contributed by atoms with Crippen molar-refractivity contribution in [2.45, 2.75) is 6.54 Å². The highest BCUT2D eigenvalue weighted by atomic mass is 16.6. The maximum Gasteiger partial charge on any atom is 0.333 e. The number of nitrogens with zero attached hydrogens (tertiary/aromatic N) is 2. The van der Waals surface area contributed by atoms with Crippen molar-refractivity contribution >= 4 is 16.6 Å². The summed E-state index contributed by atoms with van der Waals surface area (Å²) in [6.07, 6.45) is 1.59. The summed E-state index contributed by atoms with van der Waals surface area (Å²) in [5.41, 5.74) is 2.21. The minimum atomic E-state index is -0.353. The number of nitro groups is 1. The summed E-state index contributed by atoms with van der Waals surface area (Å²) >= 11 is 0. The lowest BCUT2D eigenvalue weighted by Crippen LogP contribution is -2.35. The summed E-state index contributed by atoms with van der Waals surface area (Å²) < 4.78 is 1.92. The molecule has 4 heteroatoms. The fraction of sp³-hybridized carbons (Fsp3) is 0.0625. The molecule has 3 rings (SSSR count). The van der Waals surface area contributed by atoms with Gasteiger partial charge in [-0.2, -0.15) is 4.57 Å². The molecule has 0 saturated heterocycles. The largest absolute Gasteiger partial charge is 0.333 e. The molecule has 0 radical (unpaired) electrons. The Morgan fingerprint density at radius 1 is 1.00 bits per heavy atom. The smallest absolute Gasteiger partial charge is 0.258 e. The van der Waals surface area contributed by atoms with Crippen molar-refractivity contribution < 1.29 is 9.49 Å². The van der Waals surface area contributed by atoms with Crippen LogP contribution in [0.3, 0.4) is 0 Å². The number of hydrogen-bond donors (Lipinski definition) is 0. The fourth-order valence-electron chi connectivity index (χ4n) is 2.31. The first kappa shape index (κ1) is 12.3. The quantitative estimate of drug-likeness (QED) is 0.415. The summed E-state index contributed by atoms with van der Waals surface area (Å²) in [6.45, 7) is 0.614. The van der Waals surface area contributed by atoms with Crippen LogP contribution in [0.4, 0.5) is 5.69 Å². The molecule has 0 atom stereocenters. The topological polar surface area (TPSA) is 47.0 Å². The van der Waals surface area contributed by atoms with E-state index >= 15 is 0 Å². The zero-order chi connectivity index (χ0) is 13.9. The first-order chi connectivity index (χ1) is 9.74. The maximum absolute atomic E-state index is 11.0. The summed E-state index contributed by atoms with van der Waals surface area (Å²) in [4.78, 5) is 10.7. The third-order valence-corrected chi connectivity index (χ3v) is 3.24. The van der Waals surface area contributed by atoms with E-state index in [4.69, 9.17) is 0 Å². The van der Waals surface area contributed by atoms with Gasteiger partial charge in [-0.25, -0.2) is 0 Å². The van der Waals surface area contributed by atoms with Crippen molar-refractivity contribution in [3.05, 3.63) is 82.5 Å². The number of rotatable bonds is 3. The van der Waals surface area contributed by atoms with Crippen molar-refractivity contribution in [2.75, 3.05) is 0 Å². The van der Waals surface area contributed by atoms with Crippen LogP contribution in [0.1, 0.15) is 5.56 Å². The number of fused-ring (bicyclic) bond motifs is 1. The molecule has 3 aromatic rings. The third-order valence-electron chi connectivity index (χ3n) is 3.24. The Balaban J connectivity index is 2.15. The summed E-state index contributed by atoms with van der Waals surface area (Å²) in [5.74, 6) is 0. The normalized spacial score (nSPS) is 10.6. The van der Waals surface area contributed by atoms with Crippen LogP contribution in [-0.2, 0) is 6.54 Å². The second-order valence-electron chi connectivity index (χ2n) is 4.63. The molecular formula is C16H13N2O2+. The van der Waals surface area contributed by atoms with Gasteiger partial charge in [0.2, 0.25) is 11.7 Å². The van der Waals surface area contributed by atoms with E-state index in [2.05, 4.69) is 0 Å². The van der Waals surface area contributed by atoms with Gasteiger partial charge >= 0.3 is 5.69 Å². The lowest BCUT2D eigenvalue weighted by atomic mass is 10.1. The minimum Gasteiger partial charge on any atom is -0.258 e. The van der Waals surface area contributed by atoms with Crippen LogP contribution in [0.5, 0.6) is 0 Å². The predicted octanol–water partition coefficient (Wildman–Crippen LogP) is 3.08. The van der Waals surface area contributed by atoms with Crippen LogP contribution in [0.2, 0.25) is 0 Å². The van der Waals surface area contributed by atoms with E-state index < -0.39 is 0 Å². The van der Waals surface area contributed by atoms with Gasteiger partial charge in [0.05, 0.1) is 10.3 Å². The van der Waals surface area contributed by atoms with E-state index in [9.17, 15) is 10.1 Å². The van der Waals surface area contributed by atoms with Crippen molar-refractivity contribution in [3.63, 3.8) is 0 Å². The van der Waals surface area contributed by atoms with Gasteiger partial charge < -0.3 is 0 Å². The van der Waals surface area contributed by atoms with E-state index in [1.54, 1.807) is 12.3 Å². The zero-order valence-electron chi connectivity index (χ0n) is 10.8. The van der Waals surface area contributed by atoms with Crippen LogP contribution >= 0.6 is 0 Å². The van der Waals surface area contributed by atoms with Gasteiger partial charge in [0.15, 0.2) is 6.54 Å².